The van der Waals surface area contributed by atoms with Gasteiger partial charge in [-0.2, -0.15) is 0 Å². The van der Waals surface area contributed by atoms with E-state index in [2.05, 4.69) is 53.9 Å². The molecule has 4 heteroatoms. The minimum absolute atomic E-state index is 0.188. The second-order valence-electron chi connectivity index (χ2n) is 5.80. The van der Waals surface area contributed by atoms with Crippen LogP contribution in [0, 0.1) is 0 Å². The number of morpholine rings is 1. The molecule has 1 aliphatic rings. The number of nitrogens with one attached hydrogen (secondary N) is 1. The van der Waals surface area contributed by atoms with E-state index in [9.17, 15) is 0 Å². The summed E-state index contributed by atoms with van der Waals surface area (Å²) in [6.07, 6.45) is 2.14. The predicted octanol–water partition coefficient (Wildman–Crippen LogP) is 1.71. The molecule has 0 bridgehead atoms. The second kappa shape index (κ2) is 6.55. The van der Waals surface area contributed by atoms with Gasteiger partial charge in [0.25, 0.3) is 0 Å². The summed E-state index contributed by atoms with van der Waals surface area (Å²) in [5.41, 5.74) is 1.55. The smallest absolute Gasteiger partial charge is 0.0594 e. The van der Waals surface area contributed by atoms with Crippen molar-refractivity contribution in [3.05, 3.63) is 24.0 Å². The van der Waals surface area contributed by atoms with Crippen molar-refractivity contribution in [1.29, 1.82) is 0 Å². The maximum absolute atomic E-state index is 5.42. The Bertz CT molecular complexity index is 380. The standard InChI is InChI=1S/C15H27N3O/c1-4-17-7-5-6-14(17)12-16-13-15(2,3)18-8-10-19-11-9-18/h5-7,16H,4,8-13H2,1-3H3. The van der Waals surface area contributed by atoms with Crippen LogP contribution >= 0.6 is 0 Å². The highest BCUT2D eigenvalue weighted by Gasteiger charge is 2.27. The monoisotopic (exact) mass is 265 g/mol. The first-order valence-electron chi connectivity index (χ1n) is 7.31. The van der Waals surface area contributed by atoms with Crippen LogP contribution in [0.25, 0.3) is 0 Å². The van der Waals surface area contributed by atoms with Crippen molar-refractivity contribution in [3.63, 3.8) is 0 Å². The minimum Gasteiger partial charge on any atom is -0.379 e. The van der Waals surface area contributed by atoms with Gasteiger partial charge in [-0.25, -0.2) is 0 Å². The summed E-state index contributed by atoms with van der Waals surface area (Å²) < 4.78 is 7.71. The summed E-state index contributed by atoms with van der Waals surface area (Å²) in [5, 5.41) is 3.60. The molecule has 1 saturated heterocycles. The van der Waals surface area contributed by atoms with Crippen LogP contribution in [0.5, 0.6) is 0 Å². The Morgan fingerprint density at radius 3 is 2.74 bits per heavy atom. The summed E-state index contributed by atoms with van der Waals surface area (Å²) in [6, 6.07) is 4.31. The Morgan fingerprint density at radius 2 is 2.05 bits per heavy atom. The molecule has 1 aliphatic heterocycles. The number of aromatic nitrogens is 1. The van der Waals surface area contributed by atoms with Crippen LogP contribution in [-0.2, 0) is 17.8 Å². The molecule has 0 aliphatic carbocycles. The molecule has 0 amide bonds. The van der Waals surface area contributed by atoms with Crippen LogP contribution in [0.1, 0.15) is 26.5 Å². The van der Waals surface area contributed by atoms with Crippen LogP contribution < -0.4 is 5.32 Å². The van der Waals surface area contributed by atoms with Crippen molar-refractivity contribution in [3.8, 4) is 0 Å². The molecule has 2 rings (SSSR count). The Kier molecular flexibility index (Phi) is 5.02. The summed E-state index contributed by atoms with van der Waals surface area (Å²) in [7, 11) is 0. The molecule has 19 heavy (non-hydrogen) atoms. The topological polar surface area (TPSA) is 29.4 Å². The maximum atomic E-state index is 5.42. The quantitative estimate of drug-likeness (QED) is 0.849. The Hall–Kier alpha value is -0.840. The van der Waals surface area contributed by atoms with Gasteiger partial charge in [0.2, 0.25) is 0 Å². The zero-order valence-corrected chi connectivity index (χ0v) is 12.5. The third-order valence-electron chi connectivity index (χ3n) is 4.00. The van der Waals surface area contributed by atoms with Crippen LogP contribution in [0.3, 0.4) is 0 Å². The van der Waals surface area contributed by atoms with Gasteiger partial charge in [-0.05, 0) is 32.9 Å². The number of hydrogen-bond acceptors (Lipinski definition) is 3. The Morgan fingerprint density at radius 1 is 1.32 bits per heavy atom. The number of hydrogen-bond donors (Lipinski definition) is 1. The molecule has 1 aromatic heterocycles. The lowest BCUT2D eigenvalue weighted by atomic mass is 10.0. The average molecular weight is 265 g/mol. The van der Waals surface area contributed by atoms with Crippen molar-refractivity contribution in [2.45, 2.75) is 39.4 Å². The van der Waals surface area contributed by atoms with Gasteiger partial charge in [0, 0.05) is 50.2 Å². The zero-order chi connectivity index (χ0) is 13.7. The van der Waals surface area contributed by atoms with Gasteiger partial charge < -0.3 is 14.6 Å². The van der Waals surface area contributed by atoms with Gasteiger partial charge in [-0.15, -0.1) is 0 Å². The van der Waals surface area contributed by atoms with E-state index < -0.39 is 0 Å². The minimum atomic E-state index is 0.188. The highest BCUT2D eigenvalue weighted by Crippen LogP contribution is 2.15. The molecule has 0 saturated carbocycles. The molecule has 0 spiro atoms. The summed E-state index contributed by atoms with van der Waals surface area (Å²) >= 11 is 0. The molecule has 1 N–H and O–H groups in total. The van der Waals surface area contributed by atoms with Gasteiger partial charge in [0.15, 0.2) is 0 Å². The first kappa shape index (κ1) is 14.6. The third-order valence-corrected chi connectivity index (χ3v) is 4.00. The largest absolute Gasteiger partial charge is 0.379 e. The van der Waals surface area contributed by atoms with Crippen LogP contribution in [-0.4, -0.2) is 47.9 Å². The van der Waals surface area contributed by atoms with Gasteiger partial charge in [-0.1, -0.05) is 0 Å². The van der Waals surface area contributed by atoms with Gasteiger partial charge >= 0.3 is 0 Å². The van der Waals surface area contributed by atoms with E-state index in [1.54, 1.807) is 0 Å². The first-order chi connectivity index (χ1) is 9.13. The lowest BCUT2D eigenvalue weighted by Gasteiger charge is -2.41. The SMILES string of the molecule is CCn1cccc1CNCC(C)(C)N1CCOCC1. The Labute approximate surface area is 116 Å². The first-order valence-corrected chi connectivity index (χ1v) is 7.31. The number of rotatable bonds is 6. The highest BCUT2D eigenvalue weighted by atomic mass is 16.5. The van der Waals surface area contributed by atoms with Crippen molar-refractivity contribution in [1.82, 2.24) is 14.8 Å². The van der Waals surface area contributed by atoms with Crippen molar-refractivity contribution in [2.75, 3.05) is 32.8 Å². The lowest BCUT2D eigenvalue weighted by Crippen LogP contribution is -2.54. The molecular weight excluding hydrogens is 238 g/mol. The second-order valence-corrected chi connectivity index (χ2v) is 5.80. The number of aryl methyl sites for hydroxylation is 1. The van der Waals surface area contributed by atoms with Crippen LogP contribution in [0.2, 0.25) is 0 Å². The van der Waals surface area contributed by atoms with E-state index in [-0.39, 0.29) is 5.54 Å². The van der Waals surface area contributed by atoms with Crippen LogP contribution in [0.15, 0.2) is 18.3 Å². The summed E-state index contributed by atoms with van der Waals surface area (Å²) in [5.74, 6) is 0. The van der Waals surface area contributed by atoms with E-state index in [1.807, 2.05) is 0 Å². The molecule has 0 atom stereocenters. The summed E-state index contributed by atoms with van der Waals surface area (Å²) in [4.78, 5) is 2.52. The normalized spacial score (nSPS) is 17.8. The fourth-order valence-corrected chi connectivity index (χ4v) is 2.70. The number of nitrogens with zero attached hydrogens (tertiary/aromatic N) is 2. The van der Waals surface area contributed by atoms with Crippen LogP contribution in [0.4, 0.5) is 0 Å². The van der Waals surface area contributed by atoms with E-state index in [0.29, 0.717) is 0 Å². The molecular formula is C15H27N3O. The van der Waals surface area contributed by atoms with Crippen molar-refractivity contribution in [2.24, 2.45) is 0 Å². The summed E-state index contributed by atoms with van der Waals surface area (Å²) in [6.45, 7) is 13.6. The zero-order valence-electron chi connectivity index (χ0n) is 12.5. The molecule has 2 heterocycles. The van der Waals surface area contributed by atoms with Crippen molar-refractivity contribution >= 4 is 0 Å². The van der Waals surface area contributed by atoms with Gasteiger partial charge in [-0.3, -0.25) is 4.90 Å². The Balaban J connectivity index is 1.80. The molecule has 4 nitrogen and oxygen atoms in total. The maximum Gasteiger partial charge on any atom is 0.0594 e. The molecule has 0 radical (unpaired) electrons. The molecule has 0 aromatic carbocycles. The fourth-order valence-electron chi connectivity index (χ4n) is 2.70. The van der Waals surface area contributed by atoms with E-state index >= 15 is 0 Å². The average Bonchev–Trinajstić information content (AvgIpc) is 2.87. The lowest BCUT2D eigenvalue weighted by molar-refractivity contribution is -0.00970. The van der Waals surface area contributed by atoms with E-state index in [1.165, 1.54) is 5.69 Å². The molecule has 0 unspecified atom stereocenters. The number of ether oxygens (including phenoxy) is 1. The van der Waals surface area contributed by atoms with Crippen molar-refractivity contribution < 1.29 is 4.74 Å². The predicted molar refractivity (Wildman–Crippen MR) is 78.3 cm³/mol. The highest BCUT2D eigenvalue weighted by molar-refractivity contribution is 5.06. The van der Waals surface area contributed by atoms with Gasteiger partial charge in [0.1, 0.15) is 0 Å². The molecule has 108 valence electrons. The van der Waals surface area contributed by atoms with Gasteiger partial charge in [0.05, 0.1) is 13.2 Å². The van der Waals surface area contributed by atoms with E-state index in [4.69, 9.17) is 4.74 Å². The molecule has 1 fully saturated rings. The van der Waals surface area contributed by atoms with E-state index in [0.717, 1.165) is 45.9 Å². The molecule has 1 aromatic rings. The fraction of sp³-hybridized carbons (Fsp3) is 0.733. The third kappa shape index (κ3) is 3.81.